The zero-order valence-electron chi connectivity index (χ0n) is 8.46. The molecule has 0 saturated carbocycles. The summed E-state index contributed by atoms with van der Waals surface area (Å²) in [5, 5.41) is 0.977. The van der Waals surface area contributed by atoms with Gasteiger partial charge in [-0.15, -0.1) is 6.42 Å². The first kappa shape index (κ1) is 11.8. The third-order valence-corrected chi connectivity index (χ3v) is 0.992. The molecule has 0 N–H and O–H groups in total. The fourth-order valence-electron chi connectivity index (χ4n) is 0.513. The summed E-state index contributed by atoms with van der Waals surface area (Å²) in [5.41, 5.74) is -0.523. The third-order valence-electron chi connectivity index (χ3n) is 0.992. The summed E-state index contributed by atoms with van der Waals surface area (Å²) < 4.78 is 4.99. The molecule has 0 bridgehead atoms. The van der Waals surface area contributed by atoms with Gasteiger partial charge in [-0.2, -0.15) is 5.06 Å². The monoisotopic (exact) mass is 185 g/mol. The Hall–Kier alpha value is -1.21. The Labute approximate surface area is 78.8 Å². The lowest BCUT2D eigenvalue weighted by Crippen LogP contribution is -2.34. The van der Waals surface area contributed by atoms with Crippen LogP contribution in [0.4, 0.5) is 4.79 Å². The molecular formula is C9H15NO3. The summed E-state index contributed by atoms with van der Waals surface area (Å²) in [7, 11) is 1.45. The molecule has 1 amide bonds. The number of hydrogen-bond donors (Lipinski definition) is 0. The molecule has 13 heavy (non-hydrogen) atoms. The van der Waals surface area contributed by atoms with Crippen LogP contribution in [-0.2, 0) is 9.57 Å². The Balaban J connectivity index is 3.91. The van der Waals surface area contributed by atoms with Crippen molar-refractivity contribution in [2.45, 2.75) is 26.4 Å². The van der Waals surface area contributed by atoms with Gasteiger partial charge in [-0.25, -0.2) is 4.79 Å². The Morgan fingerprint density at radius 2 is 2.08 bits per heavy atom. The molecule has 0 unspecified atom stereocenters. The second kappa shape index (κ2) is 4.73. The van der Waals surface area contributed by atoms with E-state index >= 15 is 0 Å². The zero-order chi connectivity index (χ0) is 10.5. The lowest BCUT2D eigenvalue weighted by atomic mass is 10.2. The number of rotatable bonds is 2. The molecule has 0 rings (SSSR count). The van der Waals surface area contributed by atoms with Crippen LogP contribution in [0.25, 0.3) is 0 Å². The average molecular weight is 185 g/mol. The summed E-state index contributed by atoms with van der Waals surface area (Å²) in [6, 6.07) is 0. The number of amides is 1. The summed E-state index contributed by atoms with van der Waals surface area (Å²) in [5.74, 6) is 2.24. The van der Waals surface area contributed by atoms with Crippen LogP contribution < -0.4 is 0 Å². The van der Waals surface area contributed by atoms with E-state index in [1.165, 1.54) is 7.05 Å². The van der Waals surface area contributed by atoms with Gasteiger partial charge in [0.05, 0.1) is 0 Å². The van der Waals surface area contributed by atoms with E-state index in [-0.39, 0.29) is 6.61 Å². The molecule has 0 spiro atoms. The van der Waals surface area contributed by atoms with Crippen LogP contribution in [0.15, 0.2) is 0 Å². The first-order chi connectivity index (χ1) is 5.87. The molecule has 4 nitrogen and oxygen atoms in total. The molecule has 0 aliphatic rings. The SMILES string of the molecule is C#CCON(C)C(=O)OC(C)(C)C. The maximum absolute atomic E-state index is 11.2. The molecular weight excluding hydrogens is 170 g/mol. The minimum Gasteiger partial charge on any atom is -0.442 e. The number of terminal acetylenes is 1. The smallest absolute Gasteiger partial charge is 0.434 e. The molecule has 4 heteroatoms. The van der Waals surface area contributed by atoms with Gasteiger partial charge in [0.25, 0.3) is 0 Å². The highest BCUT2D eigenvalue weighted by molar-refractivity contribution is 5.66. The second-order valence-corrected chi connectivity index (χ2v) is 3.46. The number of ether oxygens (including phenoxy) is 1. The van der Waals surface area contributed by atoms with Crippen molar-refractivity contribution >= 4 is 6.09 Å². The van der Waals surface area contributed by atoms with Crippen LogP contribution >= 0.6 is 0 Å². The summed E-state index contributed by atoms with van der Waals surface area (Å²) >= 11 is 0. The first-order valence-electron chi connectivity index (χ1n) is 3.90. The highest BCUT2D eigenvalue weighted by Gasteiger charge is 2.19. The molecule has 0 fully saturated rings. The molecule has 0 aromatic rings. The minimum atomic E-state index is -0.553. The molecule has 0 radical (unpaired) electrons. The van der Waals surface area contributed by atoms with Crippen molar-refractivity contribution in [3.05, 3.63) is 0 Å². The van der Waals surface area contributed by atoms with Crippen molar-refractivity contribution in [1.82, 2.24) is 5.06 Å². The van der Waals surface area contributed by atoms with Crippen molar-refractivity contribution in [1.29, 1.82) is 0 Å². The van der Waals surface area contributed by atoms with Crippen molar-refractivity contribution in [3.63, 3.8) is 0 Å². The summed E-state index contributed by atoms with van der Waals surface area (Å²) in [4.78, 5) is 16.0. The quantitative estimate of drug-likeness (QED) is 0.482. The summed E-state index contributed by atoms with van der Waals surface area (Å²) in [6.45, 7) is 5.38. The predicted octanol–water partition coefficient (Wildman–Crippen LogP) is 1.42. The molecule has 0 saturated heterocycles. The van der Waals surface area contributed by atoms with Crippen LogP contribution in [0.1, 0.15) is 20.8 Å². The maximum Gasteiger partial charge on any atom is 0.434 e. The normalized spacial score (nSPS) is 10.4. The van der Waals surface area contributed by atoms with Gasteiger partial charge < -0.3 is 4.74 Å². The molecule has 0 aromatic carbocycles. The molecule has 0 aliphatic carbocycles. The standard InChI is InChI=1S/C9H15NO3/c1-6-7-12-10(5)8(11)13-9(2,3)4/h1H,7H2,2-5H3. The largest absolute Gasteiger partial charge is 0.442 e. The first-order valence-corrected chi connectivity index (χ1v) is 3.90. The maximum atomic E-state index is 11.2. The summed E-state index contributed by atoms with van der Waals surface area (Å²) in [6.07, 6.45) is 4.40. The van der Waals surface area contributed by atoms with Gasteiger partial charge in [-0.3, -0.25) is 4.84 Å². The van der Waals surface area contributed by atoms with Gasteiger partial charge in [0.2, 0.25) is 0 Å². The van der Waals surface area contributed by atoms with Gasteiger partial charge in [-0.05, 0) is 20.8 Å². The molecule has 0 aliphatic heterocycles. The highest BCUT2D eigenvalue weighted by Crippen LogP contribution is 2.08. The topological polar surface area (TPSA) is 38.8 Å². The molecule has 0 aromatic heterocycles. The van der Waals surface area contributed by atoms with Crippen molar-refractivity contribution in [2.75, 3.05) is 13.7 Å². The van der Waals surface area contributed by atoms with Gasteiger partial charge in [-0.1, -0.05) is 5.92 Å². The number of carbonyl (C=O) groups is 1. The Bertz CT molecular complexity index is 212. The van der Waals surface area contributed by atoms with Gasteiger partial charge >= 0.3 is 6.09 Å². The third kappa shape index (κ3) is 6.00. The van der Waals surface area contributed by atoms with E-state index < -0.39 is 11.7 Å². The average Bonchev–Trinajstić information content (AvgIpc) is 1.96. The molecule has 0 heterocycles. The predicted molar refractivity (Wildman–Crippen MR) is 48.8 cm³/mol. The van der Waals surface area contributed by atoms with Gasteiger partial charge in [0.1, 0.15) is 12.2 Å². The second-order valence-electron chi connectivity index (χ2n) is 3.46. The fourth-order valence-corrected chi connectivity index (χ4v) is 0.513. The van der Waals surface area contributed by atoms with Crippen molar-refractivity contribution < 1.29 is 14.4 Å². The number of nitrogens with zero attached hydrogens (tertiary/aromatic N) is 1. The van der Waals surface area contributed by atoms with E-state index in [4.69, 9.17) is 16.0 Å². The van der Waals surface area contributed by atoms with Crippen LogP contribution in [0.2, 0.25) is 0 Å². The lowest BCUT2D eigenvalue weighted by molar-refractivity contribution is -0.119. The number of hydrogen-bond acceptors (Lipinski definition) is 3. The molecule has 74 valence electrons. The van der Waals surface area contributed by atoms with Crippen molar-refractivity contribution in [2.24, 2.45) is 0 Å². The van der Waals surface area contributed by atoms with E-state index in [0.29, 0.717) is 0 Å². The van der Waals surface area contributed by atoms with Crippen LogP contribution in [0.5, 0.6) is 0 Å². The zero-order valence-corrected chi connectivity index (χ0v) is 8.46. The van der Waals surface area contributed by atoms with E-state index in [1.54, 1.807) is 20.8 Å². The Morgan fingerprint density at radius 1 is 1.54 bits per heavy atom. The molecule has 0 atom stereocenters. The van der Waals surface area contributed by atoms with Gasteiger partial charge in [0.15, 0.2) is 0 Å². The van der Waals surface area contributed by atoms with E-state index in [9.17, 15) is 4.79 Å². The van der Waals surface area contributed by atoms with Crippen LogP contribution in [-0.4, -0.2) is 30.4 Å². The Morgan fingerprint density at radius 3 is 2.46 bits per heavy atom. The van der Waals surface area contributed by atoms with Crippen molar-refractivity contribution in [3.8, 4) is 12.3 Å². The lowest BCUT2D eigenvalue weighted by Gasteiger charge is -2.23. The van der Waals surface area contributed by atoms with E-state index in [1.807, 2.05) is 0 Å². The highest BCUT2D eigenvalue weighted by atomic mass is 16.7. The minimum absolute atomic E-state index is 0.0513. The fraction of sp³-hybridized carbons (Fsp3) is 0.667. The van der Waals surface area contributed by atoms with Gasteiger partial charge in [0, 0.05) is 7.05 Å². The van der Waals surface area contributed by atoms with E-state index in [0.717, 1.165) is 5.06 Å². The number of carbonyl (C=O) groups excluding carboxylic acids is 1. The Kier molecular flexibility index (Phi) is 4.29. The van der Waals surface area contributed by atoms with Crippen LogP contribution in [0.3, 0.4) is 0 Å². The van der Waals surface area contributed by atoms with Crippen LogP contribution in [0, 0.1) is 12.3 Å². The number of hydroxylamine groups is 2. The van der Waals surface area contributed by atoms with E-state index in [2.05, 4.69) is 5.92 Å².